The predicted octanol–water partition coefficient (Wildman–Crippen LogP) is 6.64. The Balaban J connectivity index is 1.04. The second kappa shape index (κ2) is 20.3. The summed E-state index contributed by atoms with van der Waals surface area (Å²) in [6, 6.07) is 0. The molecule has 10 nitrogen and oxygen atoms in total. The summed E-state index contributed by atoms with van der Waals surface area (Å²) in [7, 11) is 0. The minimum atomic E-state index is -0.500. The van der Waals surface area contributed by atoms with E-state index in [1.165, 1.54) is 25.7 Å². The van der Waals surface area contributed by atoms with Crippen molar-refractivity contribution >= 4 is 23.9 Å². The molecule has 0 spiro atoms. The van der Waals surface area contributed by atoms with Crippen LogP contribution >= 0.6 is 0 Å². The van der Waals surface area contributed by atoms with Crippen molar-refractivity contribution in [3.8, 4) is 0 Å². The summed E-state index contributed by atoms with van der Waals surface area (Å²) in [6.45, 7) is 5.78. The van der Waals surface area contributed by atoms with Crippen LogP contribution in [0.2, 0.25) is 0 Å². The fraction of sp³-hybridized carbons (Fsp3) is 0.892. The summed E-state index contributed by atoms with van der Waals surface area (Å²) in [5.74, 6) is -3.22. The third-order valence-electron chi connectivity index (χ3n) is 10.3. The van der Waals surface area contributed by atoms with Crippen molar-refractivity contribution in [2.24, 2.45) is 23.7 Å². The molecule has 2 saturated carbocycles. The quantitative estimate of drug-likeness (QED) is 0.0479. The van der Waals surface area contributed by atoms with E-state index in [1.807, 2.05) is 0 Å². The van der Waals surface area contributed by atoms with Crippen LogP contribution in [0.5, 0.6) is 0 Å². The Morgan fingerprint density at radius 1 is 0.404 bits per heavy atom. The SMILES string of the molecule is CCCCCCCOC(=O)C1CC2OC2CC1C(=O)OCCCCCCCOC(=O)C1CC2OC2CC1C(=O)OCCCCCCC. The van der Waals surface area contributed by atoms with E-state index in [9.17, 15) is 19.2 Å². The second-order valence-electron chi connectivity index (χ2n) is 14.1. The fourth-order valence-corrected chi connectivity index (χ4v) is 7.15. The molecule has 0 aromatic rings. The van der Waals surface area contributed by atoms with Gasteiger partial charge in [-0.2, -0.15) is 0 Å². The molecule has 0 aromatic carbocycles. The van der Waals surface area contributed by atoms with E-state index in [1.54, 1.807) is 0 Å². The van der Waals surface area contributed by atoms with Gasteiger partial charge in [0.1, 0.15) is 0 Å². The summed E-state index contributed by atoms with van der Waals surface area (Å²) >= 11 is 0. The maximum absolute atomic E-state index is 12.9. The Kier molecular flexibility index (Phi) is 16.3. The number of carbonyl (C=O) groups is 4. The highest BCUT2D eigenvalue weighted by Crippen LogP contribution is 2.45. The molecule has 2 saturated heterocycles. The van der Waals surface area contributed by atoms with Crippen LogP contribution in [0.3, 0.4) is 0 Å². The number of rotatable bonds is 24. The minimum absolute atomic E-state index is 0.0571. The molecule has 0 amide bonds. The van der Waals surface area contributed by atoms with Gasteiger partial charge in [0, 0.05) is 0 Å². The van der Waals surface area contributed by atoms with Crippen molar-refractivity contribution in [3.63, 3.8) is 0 Å². The molecule has 10 heteroatoms. The molecule has 268 valence electrons. The van der Waals surface area contributed by atoms with Crippen LogP contribution in [0.1, 0.15) is 136 Å². The minimum Gasteiger partial charge on any atom is -0.465 e. The van der Waals surface area contributed by atoms with Crippen LogP contribution in [0.25, 0.3) is 0 Å². The van der Waals surface area contributed by atoms with Crippen LogP contribution in [0, 0.1) is 23.7 Å². The lowest BCUT2D eigenvalue weighted by atomic mass is 9.79. The molecule has 0 radical (unpaired) electrons. The van der Waals surface area contributed by atoms with Crippen molar-refractivity contribution < 1.29 is 47.6 Å². The van der Waals surface area contributed by atoms with E-state index >= 15 is 0 Å². The largest absolute Gasteiger partial charge is 0.465 e. The zero-order valence-electron chi connectivity index (χ0n) is 29.0. The van der Waals surface area contributed by atoms with Crippen LogP contribution in [-0.4, -0.2) is 74.7 Å². The number of ether oxygens (including phenoxy) is 6. The number of esters is 4. The Bertz CT molecular complexity index is 908. The maximum atomic E-state index is 12.9. The molecule has 4 fully saturated rings. The summed E-state index contributed by atoms with van der Waals surface area (Å²) in [4.78, 5) is 51.4. The normalized spacial score (nSPS) is 28.8. The van der Waals surface area contributed by atoms with E-state index in [0.29, 0.717) is 52.1 Å². The average molecular weight is 665 g/mol. The van der Waals surface area contributed by atoms with Gasteiger partial charge in [0.05, 0.1) is 74.5 Å². The molecule has 47 heavy (non-hydrogen) atoms. The summed E-state index contributed by atoms with van der Waals surface area (Å²) in [5.41, 5.74) is 0. The third-order valence-corrected chi connectivity index (χ3v) is 10.3. The van der Waals surface area contributed by atoms with Gasteiger partial charge < -0.3 is 28.4 Å². The first-order valence-corrected chi connectivity index (χ1v) is 18.9. The van der Waals surface area contributed by atoms with Gasteiger partial charge in [-0.15, -0.1) is 0 Å². The molecular formula is C37H60O10. The Labute approximate surface area is 281 Å². The topological polar surface area (TPSA) is 130 Å². The lowest BCUT2D eigenvalue weighted by Crippen LogP contribution is -2.38. The van der Waals surface area contributed by atoms with Crippen molar-refractivity contribution in [1.29, 1.82) is 0 Å². The van der Waals surface area contributed by atoms with Gasteiger partial charge in [0.15, 0.2) is 0 Å². The maximum Gasteiger partial charge on any atom is 0.309 e. The molecule has 4 rings (SSSR count). The van der Waals surface area contributed by atoms with Crippen molar-refractivity contribution in [3.05, 3.63) is 0 Å². The monoisotopic (exact) mass is 664 g/mol. The number of carbonyl (C=O) groups excluding carboxylic acids is 4. The van der Waals surface area contributed by atoms with Crippen molar-refractivity contribution in [2.75, 3.05) is 26.4 Å². The second-order valence-corrected chi connectivity index (χ2v) is 14.1. The first-order valence-electron chi connectivity index (χ1n) is 18.9. The molecule has 4 aliphatic rings. The van der Waals surface area contributed by atoms with E-state index in [-0.39, 0.29) is 48.3 Å². The van der Waals surface area contributed by atoms with Gasteiger partial charge in [0.25, 0.3) is 0 Å². The molecule has 2 aliphatic carbocycles. The Hall–Kier alpha value is -2.20. The number of hydrogen-bond donors (Lipinski definition) is 0. The molecule has 2 aliphatic heterocycles. The fourth-order valence-electron chi connectivity index (χ4n) is 7.15. The first kappa shape index (κ1) is 37.6. The summed E-state index contributed by atoms with van der Waals surface area (Å²) in [5, 5.41) is 0. The van der Waals surface area contributed by atoms with Crippen molar-refractivity contribution in [2.45, 2.75) is 160 Å². The molecule has 0 N–H and O–H groups in total. The highest BCUT2D eigenvalue weighted by Gasteiger charge is 2.54. The van der Waals surface area contributed by atoms with E-state index in [0.717, 1.165) is 70.6 Å². The zero-order chi connectivity index (χ0) is 33.4. The molecule has 8 atom stereocenters. The standard InChI is InChI=1S/C37H60O10/c1-3-5-7-10-14-18-42-34(38)26-22-30-32(46-30)24-28(26)36(40)44-20-16-12-9-13-17-21-45-37(41)29-25-33-31(47-33)23-27(29)35(39)43-19-15-11-8-6-4-2/h26-33H,3-25H2,1-2H3. The van der Waals surface area contributed by atoms with Gasteiger partial charge in [-0.3, -0.25) is 19.2 Å². The van der Waals surface area contributed by atoms with Crippen LogP contribution in [0.4, 0.5) is 0 Å². The Morgan fingerprint density at radius 2 is 0.638 bits per heavy atom. The van der Waals surface area contributed by atoms with Gasteiger partial charge in [-0.25, -0.2) is 0 Å². The number of fused-ring (bicyclic) bond motifs is 2. The molecule has 8 unspecified atom stereocenters. The Morgan fingerprint density at radius 3 is 0.894 bits per heavy atom. The third kappa shape index (κ3) is 12.6. The van der Waals surface area contributed by atoms with Gasteiger partial charge in [-0.05, 0) is 51.4 Å². The van der Waals surface area contributed by atoms with Gasteiger partial charge >= 0.3 is 23.9 Å². The lowest BCUT2D eigenvalue weighted by molar-refractivity contribution is -0.162. The predicted molar refractivity (Wildman–Crippen MR) is 174 cm³/mol. The molecular weight excluding hydrogens is 604 g/mol. The number of unbranched alkanes of at least 4 members (excludes halogenated alkanes) is 12. The first-order chi connectivity index (χ1) is 22.9. The number of hydrogen-bond acceptors (Lipinski definition) is 10. The molecule has 0 aromatic heterocycles. The lowest BCUT2D eigenvalue weighted by Gasteiger charge is -2.26. The van der Waals surface area contributed by atoms with Crippen LogP contribution < -0.4 is 0 Å². The van der Waals surface area contributed by atoms with E-state index in [4.69, 9.17) is 28.4 Å². The summed E-state index contributed by atoms with van der Waals surface area (Å²) < 4.78 is 33.5. The highest BCUT2D eigenvalue weighted by molar-refractivity contribution is 5.83. The van der Waals surface area contributed by atoms with Crippen molar-refractivity contribution in [1.82, 2.24) is 0 Å². The molecule has 0 bridgehead atoms. The van der Waals surface area contributed by atoms with Gasteiger partial charge in [-0.1, -0.05) is 84.5 Å². The smallest absolute Gasteiger partial charge is 0.309 e. The average Bonchev–Trinajstić information content (AvgIpc) is 4.00. The van der Waals surface area contributed by atoms with E-state index in [2.05, 4.69) is 13.8 Å². The number of epoxide rings is 2. The summed E-state index contributed by atoms with van der Waals surface area (Å²) in [6.07, 6.45) is 17.3. The van der Waals surface area contributed by atoms with Crippen LogP contribution in [0.15, 0.2) is 0 Å². The van der Waals surface area contributed by atoms with Gasteiger partial charge in [0.2, 0.25) is 0 Å². The van der Waals surface area contributed by atoms with Crippen LogP contribution in [-0.2, 0) is 47.6 Å². The zero-order valence-corrected chi connectivity index (χ0v) is 29.0. The highest BCUT2D eigenvalue weighted by atomic mass is 16.6. The molecule has 2 heterocycles. The van der Waals surface area contributed by atoms with E-state index < -0.39 is 23.7 Å².